The molecule has 24 heavy (non-hydrogen) atoms. The summed E-state index contributed by atoms with van der Waals surface area (Å²) in [6.07, 6.45) is 0.438. The van der Waals surface area contributed by atoms with Gasteiger partial charge in [-0.15, -0.1) is 0 Å². The van der Waals surface area contributed by atoms with E-state index in [1.165, 1.54) is 0 Å². The molecular weight excluding hydrogens is 306 g/mol. The summed E-state index contributed by atoms with van der Waals surface area (Å²) < 4.78 is 10.9. The lowest BCUT2D eigenvalue weighted by atomic mass is 9.88. The van der Waals surface area contributed by atoms with E-state index in [1.54, 1.807) is 24.3 Å². The van der Waals surface area contributed by atoms with E-state index in [0.717, 1.165) is 5.75 Å². The van der Waals surface area contributed by atoms with Gasteiger partial charge in [-0.1, -0.05) is 18.2 Å². The van der Waals surface area contributed by atoms with Crippen molar-refractivity contribution in [3.63, 3.8) is 0 Å². The fourth-order valence-corrected chi connectivity index (χ4v) is 2.82. The average molecular weight is 327 g/mol. The molecule has 1 atom stereocenters. The molecule has 1 unspecified atom stereocenters. The summed E-state index contributed by atoms with van der Waals surface area (Å²) in [5.41, 5.74) is 0.126. The number of hydrogen-bond acceptors (Lipinski definition) is 4. The molecule has 0 fully saturated rings. The smallest absolute Gasteiger partial charge is 0.251 e. The number of rotatable bonds is 5. The zero-order valence-corrected chi connectivity index (χ0v) is 13.6. The zero-order chi connectivity index (χ0) is 17.0. The van der Waals surface area contributed by atoms with Crippen molar-refractivity contribution in [3.05, 3.63) is 59.7 Å². The summed E-state index contributed by atoms with van der Waals surface area (Å²) in [5, 5.41) is 13.7. The number of para-hydroxylation sites is 1. The molecule has 0 aliphatic carbocycles. The van der Waals surface area contributed by atoms with Gasteiger partial charge in [0.2, 0.25) is 0 Å². The molecule has 0 spiro atoms. The monoisotopic (exact) mass is 327 g/mol. The van der Waals surface area contributed by atoms with Gasteiger partial charge in [-0.25, -0.2) is 0 Å². The number of amides is 1. The normalized spacial score (nSPS) is 19.1. The summed E-state index contributed by atoms with van der Waals surface area (Å²) in [5.74, 6) is 1.17. The van der Waals surface area contributed by atoms with Gasteiger partial charge in [0.05, 0.1) is 19.8 Å². The Morgan fingerprint density at radius 2 is 2.00 bits per heavy atom. The topological polar surface area (TPSA) is 67.8 Å². The van der Waals surface area contributed by atoms with Gasteiger partial charge in [0.25, 0.3) is 5.91 Å². The Bertz CT molecular complexity index is 714. The average Bonchev–Trinajstić information content (AvgIpc) is 2.61. The molecule has 126 valence electrons. The van der Waals surface area contributed by atoms with Crippen LogP contribution in [-0.2, 0) is 5.60 Å². The molecule has 0 aromatic heterocycles. The lowest BCUT2D eigenvalue weighted by Crippen LogP contribution is -2.43. The van der Waals surface area contributed by atoms with Crippen LogP contribution in [0.25, 0.3) is 0 Å². The van der Waals surface area contributed by atoms with E-state index >= 15 is 0 Å². The van der Waals surface area contributed by atoms with E-state index in [4.69, 9.17) is 9.47 Å². The van der Waals surface area contributed by atoms with Crippen LogP contribution < -0.4 is 14.8 Å². The van der Waals surface area contributed by atoms with Crippen LogP contribution >= 0.6 is 0 Å². The van der Waals surface area contributed by atoms with Crippen molar-refractivity contribution in [1.29, 1.82) is 0 Å². The lowest BCUT2D eigenvalue weighted by molar-refractivity contribution is -0.00160. The van der Waals surface area contributed by atoms with Gasteiger partial charge in [-0.3, -0.25) is 4.79 Å². The highest BCUT2D eigenvalue weighted by Gasteiger charge is 2.35. The van der Waals surface area contributed by atoms with Crippen molar-refractivity contribution in [2.45, 2.75) is 18.9 Å². The van der Waals surface area contributed by atoms with Crippen molar-refractivity contribution in [2.24, 2.45) is 0 Å². The largest absolute Gasteiger partial charge is 0.494 e. The van der Waals surface area contributed by atoms with Crippen molar-refractivity contribution in [1.82, 2.24) is 5.32 Å². The van der Waals surface area contributed by atoms with Gasteiger partial charge in [0.1, 0.15) is 17.1 Å². The third-order valence-corrected chi connectivity index (χ3v) is 4.13. The summed E-state index contributed by atoms with van der Waals surface area (Å²) in [6.45, 7) is 3.05. The Kier molecular flexibility index (Phi) is 4.71. The summed E-state index contributed by atoms with van der Waals surface area (Å²) in [4.78, 5) is 12.3. The Hall–Kier alpha value is -2.53. The minimum absolute atomic E-state index is 0.138. The van der Waals surface area contributed by atoms with Gasteiger partial charge in [0, 0.05) is 17.5 Å². The summed E-state index contributed by atoms with van der Waals surface area (Å²) in [7, 11) is 0. The maximum Gasteiger partial charge on any atom is 0.251 e. The van der Waals surface area contributed by atoms with E-state index in [2.05, 4.69) is 5.32 Å². The number of nitrogens with one attached hydrogen (secondary N) is 1. The first kappa shape index (κ1) is 16.3. The highest BCUT2D eigenvalue weighted by atomic mass is 16.5. The van der Waals surface area contributed by atoms with E-state index in [1.807, 2.05) is 31.2 Å². The quantitative estimate of drug-likeness (QED) is 0.885. The van der Waals surface area contributed by atoms with Crippen LogP contribution in [-0.4, -0.2) is 30.8 Å². The molecule has 2 aromatic carbocycles. The van der Waals surface area contributed by atoms with Crippen LogP contribution in [0.15, 0.2) is 48.5 Å². The first-order chi connectivity index (χ1) is 11.6. The lowest BCUT2D eigenvalue weighted by Gasteiger charge is -2.34. The zero-order valence-electron chi connectivity index (χ0n) is 13.6. The number of carbonyl (C=O) groups excluding carboxylic acids is 1. The number of fused-ring (bicyclic) bond motifs is 1. The predicted molar refractivity (Wildman–Crippen MR) is 90.4 cm³/mol. The summed E-state index contributed by atoms with van der Waals surface area (Å²) in [6, 6.07) is 14.3. The van der Waals surface area contributed by atoms with Gasteiger partial charge in [-0.05, 0) is 37.3 Å². The van der Waals surface area contributed by atoms with Crippen molar-refractivity contribution in [2.75, 3.05) is 19.8 Å². The molecule has 0 radical (unpaired) electrons. The van der Waals surface area contributed by atoms with Crippen LogP contribution in [0.1, 0.15) is 29.3 Å². The molecule has 1 amide bonds. The minimum Gasteiger partial charge on any atom is -0.494 e. The molecule has 0 saturated carbocycles. The number of benzene rings is 2. The second-order valence-electron chi connectivity index (χ2n) is 5.77. The predicted octanol–water partition coefficient (Wildman–Crippen LogP) is 2.49. The molecule has 0 saturated heterocycles. The Labute approximate surface area is 141 Å². The molecule has 1 aliphatic rings. The maximum absolute atomic E-state index is 12.3. The highest BCUT2D eigenvalue weighted by molar-refractivity contribution is 5.94. The van der Waals surface area contributed by atoms with Crippen LogP contribution in [0.3, 0.4) is 0 Å². The Balaban J connectivity index is 1.68. The van der Waals surface area contributed by atoms with Crippen molar-refractivity contribution < 1.29 is 19.4 Å². The van der Waals surface area contributed by atoms with Crippen LogP contribution in [0.5, 0.6) is 11.5 Å². The molecule has 0 bridgehead atoms. The molecule has 5 heteroatoms. The standard InChI is InChI=1S/C19H21NO4/c1-2-23-15-9-7-14(8-10-15)18(21)20-13-19(22)11-12-24-17-6-4-3-5-16(17)19/h3-10,22H,2,11-13H2,1H3,(H,20,21). The number of aliphatic hydroxyl groups is 1. The minimum atomic E-state index is -1.12. The van der Waals surface area contributed by atoms with Gasteiger partial charge in [-0.2, -0.15) is 0 Å². The number of ether oxygens (including phenoxy) is 2. The first-order valence-corrected chi connectivity index (χ1v) is 8.08. The van der Waals surface area contributed by atoms with Crippen molar-refractivity contribution in [3.8, 4) is 11.5 Å². The molecule has 1 aliphatic heterocycles. The number of hydrogen-bond donors (Lipinski definition) is 2. The second kappa shape index (κ2) is 6.93. The molecule has 5 nitrogen and oxygen atoms in total. The molecule has 1 heterocycles. The second-order valence-corrected chi connectivity index (χ2v) is 5.77. The SMILES string of the molecule is CCOc1ccc(C(=O)NCC2(O)CCOc3ccccc32)cc1. The van der Waals surface area contributed by atoms with Crippen LogP contribution in [0.4, 0.5) is 0 Å². The maximum atomic E-state index is 12.3. The third kappa shape index (κ3) is 3.36. The van der Waals surface area contributed by atoms with E-state index in [-0.39, 0.29) is 12.5 Å². The molecule has 2 N–H and O–H groups in total. The third-order valence-electron chi connectivity index (χ3n) is 4.13. The Morgan fingerprint density at radius 3 is 2.75 bits per heavy atom. The molecule has 2 aromatic rings. The van der Waals surface area contributed by atoms with Gasteiger partial charge >= 0.3 is 0 Å². The first-order valence-electron chi connectivity index (χ1n) is 8.08. The van der Waals surface area contributed by atoms with Crippen molar-refractivity contribution >= 4 is 5.91 Å². The van der Waals surface area contributed by atoms with Gasteiger partial charge in [0.15, 0.2) is 0 Å². The highest BCUT2D eigenvalue weighted by Crippen LogP contribution is 2.36. The molecule has 3 rings (SSSR count). The Morgan fingerprint density at radius 1 is 1.25 bits per heavy atom. The summed E-state index contributed by atoms with van der Waals surface area (Å²) >= 11 is 0. The molecular formula is C19H21NO4. The van der Waals surface area contributed by atoms with E-state index in [9.17, 15) is 9.90 Å². The fraction of sp³-hybridized carbons (Fsp3) is 0.316. The van der Waals surface area contributed by atoms with Crippen LogP contribution in [0, 0.1) is 0 Å². The van der Waals surface area contributed by atoms with Crippen LogP contribution in [0.2, 0.25) is 0 Å². The van der Waals surface area contributed by atoms with Gasteiger partial charge < -0.3 is 19.9 Å². The van der Waals surface area contributed by atoms with E-state index < -0.39 is 5.60 Å². The van der Waals surface area contributed by atoms with E-state index in [0.29, 0.717) is 36.5 Å². The fourth-order valence-electron chi connectivity index (χ4n) is 2.82. The number of carbonyl (C=O) groups is 1.